The first-order chi connectivity index (χ1) is 17.8. The summed E-state index contributed by atoms with van der Waals surface area (Å²) in [6, 6.07) is 2.53. The van der Waals surface area contributed by atoms with Crippen molar-refractivity contribution in [3.05, 3.63) is 53.1 Å². The second-order valence-corrected chi connectivity index (χ2v) is 9.96. The summed E-state index contributed by atoms with van der Waals surface area (Å²) in [7, 11) is 0. The number of β-lactam (4-membered cyclic amide) rings is 1. The van der Waals surface area contributed by atoms with E-state index in [1.165, 1.54) is 17.1 Å². The van der Waals surface area contributed by atoms with Crippen LogP contribution in [0, 0.1) is 0 Å². The average Bonchev–Trinajstić information content (AvgIpc) is 3.51. The molecular formula is C20H18N10O5S2. The molecule has 0 aromatic carbocycles. The third-order valence-electron chi connectivity index (χ3n) is 5.68. The molecular weight excluding hydrogens is 524 g/mol. The van der Waals surface area contributed by atoms with Gasteiger partial charge >= 0.3 is 0 Å². The topological polar surface area (TPSA) is 222 Å². The number of thiazole rings is 1. The Kier molecular flexibility index (Phi) is 6.22. The Labute approximate surface area is 216 Å². The van der Waals surface area contributed by atoms with Crippen LogP contribution in [0.4, 0.5) is 5.13 Å². The number of hydrogen-bond acceptors (Lipinski definition) is 13. The normalized spacial score (nSPS) is 19.4. The van der Waals surface area contributed by atoms with E-state index in [2.05, 4.69) is 25.8 Å². The molecule has 2 aliphatic heterocycles. The predicted molar refractivity (Wildman–Crippen MR) is 128 cm³/mol. The number of pyridine rings is 1. The number of carboxylic acids is 1. The number of carbonyl (C=O) groups excluding carboxylic acids is 3. The third-order valence-corrected chi connectivity index (χ3v) is 7.69. The summed E-state index contributed by atoms with van der Waals surface area (Å²) in [6.45, 7) is 0.195. The number of aliphatic carboxylic acids is 1. The SMILES string of the molecule is Nc1nc(C(=NO)C(=O)N[C@@H]2C(=O)N3C(C(=O)[O-])=C(C[n+]4ccc(-c5cn(N)nn5)cc4)CS[C@@H]23)cs1. The van der Waals surface area contributed by atoms with Crippen molar-refractivity contribution < 1.29 is 29.3 Å². The molecule has 15 nitrogen and oxygen atoms in total. The van der Waals surface area contributed by atoms with Gasteiger partial charge in [-0.3, -0.25) is 14.5 Å². The second kappa shape index (κ2) is 9.51. The molecule has 2 amide bonds. The lowest BCUT2D eigenvalue weighted by molar-refractivity contribution is -0.689. The fourth-order valence-corrected chi connectivity index (χ4v) is 5.86. The van der Waals surface area contributed by atoms with Crippen LogP contribution in [0.3, 0.4) is 0 Å². The van der Waals surface area contributed by atoms with Gasteiger partial charge in [0.05, 0.1) is 17.9 Å². The maximum absolute atomic E-state index is 12.9. The van der Waals surface area contributed by atoms with E-state index in [0.29, 0.717) is 11.3 Å². The van der Waals surface area contributed by atoms with E-state index in [-0.39, 0.29) is 28.8 Å². The van der Waals surface area contributed by atoms with Crippen molar-refractivity contribution in [3.63, 3.8) is 0 Å². The van der Waals surface area contributed by atoms with Crippen LogP contribution in [0.25, 0.3) is 11.3 Å². The first-order valence-electron chi connectivity index (χ1n) is 10.6. The van der Waals surface area contributed by atoms with Gasteiger partial charge in [-0.2, -0.15) is 4.79 Å². The molecule has 0 spiro atoms. The Morgan fingerprint density at radius 3 is 2.70 bits per heavy atom. The van der Waals surface area contributed by atoms with E-state index in [4.69, 9.17) is 11.6 Å². The Bertz CT molecular complexity index is 1460. The van der Waals surface area contributed by atoms with Crippen LogP contribution in [0.2, 0.25) is 0 Å². The molecule has 5 heterocycles. The lowest BCUT2D eigenvalue weighted by Crippen LogP contribution is -2.71. The van der Waals surface area contributed by atoms with Gasteiger partial charge in [0.1, 0.15) is 22.8 Å². The molecule has 0 bridgehead atoms. The number of aromatic nitrogens is 5. The number of fused-ring (bicyclic) bond motifs is 1. The van der Waals surface area contributed by atoms with Crippen LogP contribution < -0.4 is 26.6 Å². The highest BCUT2D eigenvalue weighted by Gasteiger charge is 2.53. The smallest absolute Gasteiger partial charge is 0.276 e. The predicted octanol–water partition coefficient (Wildman–Crippen LogP) is -2.73. The summed E-state index contributed by atoms with van der Waals surface area (Å²) in [5, 5.41) is 35.3. The van der Waals surface area contributed by atoms with Gasteiger partial charge in [0, 0.05) is 34.4 Å². The molecule has 2 aliphatic rings. The van der Waals surface area contributed by atoms with Gasteiger partial charge in [0.15, 0.2) is 29.8 Å². The summed E-state index contributed by atoms with van der Waals surface area (Å²) in [5.74, 6) is 2.85. The van der Waals surface area contributed by atoms with Crippen LogP contribution in [-0.4, -0.2) is 70.9 Å². The Morgan fingerprint density at radius 1 is 1.35 bits per heavy atom. The minimum atomic E-state index is -1.49. The molecule has 1 fully saturated rings. The van der Waals surface area contributed by atoms with Crippen LogP contribution >= 0.6 is 23.1 Å². The van der Waals surface area contributed by atoms with Crippen molar-refractivity contribution in [2.75, 3.05) is 17.3 Å². The highest BCUT2D eigenvalue weighted by Crippen LogP contribution is 2.40. The fourth-order valence-electron chi connectivity index (χ4n) is 3.98. The molecule has 0 saturated carbocycles. The van der Waals surface area contributed by atoms with Crippen molar-refractivity contribution in [1.29, 1.82) is 0 Å². The number of oxime groups is 1. The summed E-state index contributed by atoms with van der Waals surface area (Å²) in [5.41, 5.74) is 6.79. The number of nitrogens with one attached hydrogen (secondary N) is 1. The van der Waals surface area contributed by atoms with Crippen LogP contribution in [0.15, 0.2) is 52.5 Å². The molecule has 0 aliphatic carbocycles. The van der Waals surface area contributed by atoms with Crippen molar-refractivity contribution in [2.24, 2.45) is 5.16 Å². The molecule has 0 radical (unpaired) electrons. The lowest BCUT2D eigenvalue weighted by Gasteiger charge is -2.50. The molecule has 37 heavy (non-hydrogen) atoms. The zero-order chi connectivity index (χ0) is 26.3. The number of anilines is 1. The van der Waals surface area contributed by atoms with Crippen molar-refractivity contribution in [3.8, 4) is 11.3 Å². The van der Waals surface area contributed by atoms with E-state index < -0.39 is 34.9 Å². The zero-order valence-corrected chi connectivity index (χ0v) is 20.3. The number of nitrogens with zero attached hydrogens (tertiary/aromatic N) is 7. The van der Waals surface area contributed by atoms with Gasteiger partial charge in [0.2, 0.25) is 0 Å². The Balaban J connectivity index is 1.31. The summed E-state index contributed by atoms with van der Waals surface area (Å²) >= 11 is 2.35. The van der Waals surface area contributed by atoms with Crippen LogP contribution in [-0.2, 0) is 20.9 Å². The number of thioether (sulfide) groups is 1. The first kappa shape index (κ1) is 24.2. The fraction of sp³-hybridized carbons (Fsp3) is 0.200. The standard InChI is InChI=1S/C20H18N10O5S2/c21-20-23-12(8-37-20)13(26-35)16(31)24-14-17(32)30-15(19(33)34)10(7-36-18(14)30)5-28-3-1-9(2-4-28)11-6-29(22)27-25-11/h1-4,6,8,14,18H,5,7,22H2,(H4-,21,23,24,31,33,34,35)/t14-,18+/m1/s1. The van der Waals surface area contributed by atoms with E-state index in [1.807, 2.05) is 0 Å². The number of rotatable bonds is 7. The van der Waals surface area contributed by atoms with Gasteiger partial charge < -0.3 is 32.0 Å². The van der Waals surface area contributed by atoms with Gasteiger partial charge in [-0.15, -0.1) is 28.2 Å². The number of amides is 2. The molecule has 190 valence electrons. The maximum Gasteiger partial charge on any atom is 0.276 e. The number of carboxylic acid groups (broad SMARTS) is 1. The zero-order valence-electron chi connectivity index (χ0n) is 18.7. The van der Waals surface area contributed by atoms with E-state index in [1.54, 1.807) is 35.3 Å². The molecule has 1 saturated heterocycles. The van der Waals surface area contributed by atoms with Gasteiger partial charge in [0.25, 0.3) is 11.8 Å². The molecule has 6 N–H and O–H groups in total. The van der Waals surface area contributed by atoms with E-state index in [9.17, 15) is 24.7 Å². The first-order valence-corrected chi connectivity index (χ1v) is 12.5. The number of carbonyl (C=O) groups is 3. The molecule has 3 aromatic rings. The maximum atomic E-state index is 12.9. The number of nitrogens with two attached hydrogens (primary N) is 2. The quantitative estimate of drug-likeness (QED) is 0.0599. The average molecular weight is 543 g/mol. The van der Waals surface area contributed by atoms with Crippen molar-refractivity contribution in [2.45, 2.75) is 18.0 Å². The third kappa shape index (κ3) is 4.45. The molecule has 2 atom stereocenters. The molecule has 3 aromatic heterocycles. The minimum absolute atomic E-state index is 0.0516. The molecule has 17 heteroatoms. The summed E-state index contributed by atoms with van der Waals surface area (Å²) in [4.78, 5) is 43.7. The highest BCUT2D eigenvalue weighted by atomic mass is 32.2. The van der Waals surface area contributed by atoms with Gasteiger partial charge in [-0.1, -0.05) is 5.16 Å². The number of nitrogen functional groups attached to an aromatic ring is 2. The molecule has 0 unspecified atom stereocenters. The monoisotopic (exact) mass is 542 g/mol. The largest absolute Gasteiger partial charge is 0.543 e. The van der Waals surface area contributed by atoms with Crippen LogP contribution in [0.5, 0.6) is 0 Å². The summed E-state index contributed by atoms with van der Waals surface area (Å²) < 4.78 is 1.75. The van der Waals surface area contributed by atoms with E-state index >= 15 is 0 Å². The highest BCUT2D eigenvalue weighted by molar-refractivity contribution is 8.00. The number of hydrogen-bond donors (Lipinski definition) is 4. The van der Waals surface area contributed by atoms with Crippen molar-refractivity contribution in [1.82, 2.24) is 30.3 Å². The lowest BCUT2D eigenvalue weighted by atomic mass is 10.0. The second-order valence-electron chi connectivity index (χ2n) is 7.96. The van der Waals surface area contributed by atoms with Crippen molar-refractivity contribution >= 4 is 51.7 Å². The van der Waals surface area contributed by atoms with E-state index in [0.717, 1.165) is 26.6 Å². The minimum Gasteiger partial charge on any atom is -0.543 e. The Hall–Kier alpha value is -4.51. The molecule has 5 rings (SSSR count). The van der Waals surface area contributed by atoms with Gasteiger partial charge in [-0.25, -0.2) is 9.55 Å². The Morgan fingerprint density at radius 2 is 2.11 bits per heavy atom. The van der Waals surface area contributed by atoms with Gasteiger partial charge in [-0.05, 0) is 5.21 Å². The summed E-state index contributed by atoms with van der Waals surface area (Å²) in [6.07, 6.45) is 5.04. The van der Waals surface area contributed by atoms with Crippen LogP contribution in [0.1, 0.15) is 5.69 Å².